The van der Waals surface area contributed by atoms with Crippen LogP contribution in [0.15, 0.2) is 36.7 Å². The second kappa shape index (κ2) is 9.18. The van der Waals surface area contributed by atoms with Crippen LogP contribution in [0.3, 0.4) is 0 Å². The minimum absolute atomic E-state index is 0.0463. The molecule has 1 atom stereocenters. The number of nitrogens with one attached hydrogen (secondary N) is 1. The molecule has 0 aliphatic carbocycles. The van der Waals surface area contributed by atoms with Crippen molar-refractivity contribution in [1.82, 2.24) is 25.0 Å². The van der Waals surface area contributed by atoms with Gasteiger partial charge in [0.1, 0.15) is 18.4 Å². The molecule has 2 aromatic heterocycles. The van der Waals surface area contributed by atoms with E-state index in [-0.39, 0.29) is 29.1 Å². The van der Waals surface area contributed by atoms with Crippen LogP contribution in [0.2, 0.25) is 5.02 Å². The number of carbonyl (C=O) groups excluding carboxylic acids is 2. The van der Waals surface area contributed by atoms with Crippen molar-refractivity contribution in [3.8, 4) is 0 Å². The Morgan fingerprint density at radius 2 is 2.09 bits per heavy atom. The average molecular weight is 496 g/mol. The lowest BCUT2D eigenvalue weighted by Gasteiger charge is -2.24. The number of hydrogen-bond donors (Lipinski definition) is 3. The van der Waals surface area contributed by atoms with Gasteiger partial charge in [0.2, 0.25) is 11.8 Å². The van der Waals surface area contributed by atoms with Gasteiger partial charge in [-0.2, -0.15) is 5.10 Å². The number of fused-ring (bicyclic) bond motifs is 1. The van der Waals surface area contributed by atoms with E-state index >= 15 is 0 Å². The second-order valence-electron chi connectivity index (χ2n) is 7.59. The van der Waals surface area contributed by atoms with Gasteiger partial charge in [-0.25, -0.2) is 4.39 Å². The van der Waals surface area contributed by atoms with E-state index in [2.05, 4.69) is 15.4 Å². The van der Waals surface area contributed by atoms with Gasteiger partial charge in [0.05, 0.1) is 16.7 Å². The molecule has 174 valence electrons. The van der Waals surface area contributed by atoms with Crippen LogP contribution in [0, 0.1) is 5.82 Å². The summed E-state index contributed by atoms with van der Waals surface area (Å²) in [6.45, 7) is -0.0645. The number of halogens is 2. The number of likely N-dealkylation sites (tertiary alicyclic amines) is 1. The van der Waals surface area contributed by atoms with Gasteiger partial charge in [-0.1, -0.05) is 23.7 Å². The number of amides is 2. The molecule has 0 bridgehead atoms. The fraction of sp³-hybridized carbons (Fsp3) is 0.300. The van der Waals surface area contributed by atoms with Crippen LogP contribution in [-0.4, -0.2) is 53.9 Å². The summed E-state index contributed by atoms with van der Waals surface area (Å²) in [6, 6.07) is 5.16. The third kappa shape index (κ3) is 4.77. The Labute approximate surface area is 192 Å². The largest absolute Gasteiger partial charge is 0.376 e. The van der Waals surface area contributed by atoms with Gasteiger partial charge in [0.25, 0.3) is 0 Å². The molecule has 3 aromatic rings. The van der Waals surface area contributed by atoms with Crippen molar-refractivity contribution in [3.63, 3.8) is 0 Å². The summed E-state index contributed by atoms with van der Waals surface area (Å²) in [5.74, 6) is -1.48. The lowest BCUT2D eigenvalue weighted by molar-refractivity contribution is -0.139. The highest BCUT2D eigenvalue weighted by Gasteiger charge is 2.35. The molecule has 2 amide bonds. The Bertz CT molecular complexity index is 1280. The van der Waals surface area contributed by atoms with Crippen LogP contribution in [0.5, 0.6) is 0 Å². The molecular formula is C20H20ClFN5O5P. The van der Waals surface area contributed by atoms with Crippen molar-refractivity contribution < 1.29 is 28.3 Å². The Morgan fingerprint density at radius 1 is 1.30 bits per heavy atom. The third-order valence-electron chi connectivity index (χ3n) is 5.46. The minimum Gasteiger partial charge on any atom is -0.350 e. The Kier molecular flexibility index (Phi) is 6.49. The summed E-state index contributed by atoms with van der Waals surface area (Å²) in [7, 11) is -4.67. The zero-order valence-corrected chi connectivity index (χ0v) is 18.8. The first-order valence-electron chi connectivity index (χ1n) is 10.0. The average Bonchev–Trinajstić information content (AvgIpc) is 3.40. The molecular weight excluding hydrogens is 476 g/mol. The van der Waals surface area contributed by atoms with Gasteiger partial charge in [0.15, 0.2) is 5.44 Å². The summed E-state index contributed by atoms with van der Waals surface area (Å²) in [4.78, 5) is 50.2. The summed E-state index contributed by atoms with van der Waals surface area (Å²) in [5.41, 5.74) is 0.0833. The van der Waals surface area contributed by atoms with Gasteiger partial charge >= 0.3 is 7.60 Å². The molecule has 33 heavy (non-hydrogen) atoms. The van der Waals surface area contributed by atoms with Crippen molar-refractivity contribution in [1.29, 1.82) is 0 Å². The number of nitrogens with zero attached hydrogens (tertiary/aromatic N) is 4. The van der Waals surface area contributed by atoms with E-state index in [0.717, 1.165) is 0 Å². The van der Waals surface area contributed by atoms with Crippen LogP contribution >= 0.6 is 19.2 Å². The highest BCUT2D eigenvalue weighted by molar-refractivity contribution is 7.60. The van der Waals surface area contributed by atoms with Gasteiger partial charge in [-0.05, 0) is 25.0 Å². The highest BCUT2D eigenvalue weighted by Crippen LogP contribution is 2.35. The van der Waals surface area contributed by atoms with Gasteiger partial charge in [-0.3, -0.25) is 23.8 Å². The first kappa shape index (κ1) is 23.3. The first-order valence-corrected chi connectivity index (χ1v) is 12.0. The molecule has 1 fully saturated rings. The Morgan fingerprint density at radius 3 is 2.85 bits per heavy atom. The van der Waals surface area contributed by atoms with E-state index in [1.54, 1.807) is 6.07 Å². The van der Waals surface area contributed by atoms with E-state index in [0.29, 0.717) is 24.9 Å². The predicted octanol–water partition coefficient (Wildman–Crippen LogP) is 1.33. The van der Waals surface area contributed by atoms with Crippen molar-refractivity contribution in [2.75, 3.05) is 6.54 Å². The molecule has 1 aromatic carbocycles. The molecule has 0 radical (unpaired) electrons. The van der Waals surface area contributed by atoms with Gasteiger partial charge in [-0.15, -0.1) is 0 Å². The number of carbonyl (C=O) groups is 2. The molecule has 0 spiro atoms. The number of aromatic nitrogens is 3. The molecule has 13 heteroatoms. The fourth-order valence-electron chi connectivity index (χ4n) is 3.88. The van der Waals surface area contributed by atoms with Crippen molar-refractivity contribution in [3.05, 3.63) is 53.1 Å². The fourth-order valence-corrected chi connectivity index (χ4v) is 4.80. The van der Waals surface area contributed by atoms with E-state index in [1.165, 1.54) is 40.2 Å². The lowest BCUT2D eigenvalue weighted by atomic mass is 10.1. The summed E-state index contributed by atoms with van der Waals surface area (Å²) in [6.07, 6.45) is 3.77. The van der Waals surface area contributed by atoms with Crippen molar-refractivity contribution in [2.24, 2.45) is 0 Å². The molecule has 0 saturated carbocycles. The maximum atomic E-state index is 14.1. The predicted molar refractivity (Wildman–Crippen MR) is 117 cm³/mol. The standard InChI is InChI=1S/C20H20ClFN5O5P/c21-14-4-1-3-12(18(14)22)9-24-19(29)15-5-2-8-26(15)17(28)11-27-16-10-23-7-6-13(16)20(25-27)33(30,31)32/h1,3-4,6-7,10,15H,2,5,8-9,11H2,(H,24,29)(H2,30,31,32)/t15-/m0/s1. The topological polar surface area (TPSA) is 138 Å². The van der Waals surface area contributed by atoms with E-state index < -0.39 is 36.7 Å². The summed E-state index contributed by atoms with van der Waals surface area (Å²) < 4.78 is 27.0. The molecule has 1 aliphatic rings. The smallest absolute Gasteiger partial charge is 0.350 e. The van der Waals surface area contributed by atoms with Crippen molar-refractivity contribution >= 4 is 47.3 Å². The Balaban J connectivity index is 1.49. The van der Waals surface area contributed by atoms with E-state index in [4.69, 9.17) is 11.6 Å². The van der Waals surface area contributed by atoms with E-state index in [1.807, 2.05) is 0 Å². The second-order valence-corrected chi connectivity index (χ2v) is 9.51. The third-order valence-corrected chi connectivity index (χ3v) is 6.63. The number of rotatable bonds is 6. The monoisotopic (exact) mass is 495 g/mol. The van der Waals surface area contributed by atoms with Gasteiger partial charge in [0, 0.05) is 30.2 Å². The van der Waals surface area contributed by atoms with Gasteiger partial charge < -0.3 is 20.0 Å². The van der Waals surface area contributed by atoms with Crippen LogP contribution in [0.1, 0.15) is 18.4 Å². The van der Waals surface area contributed by atoms with Crippen LogP contribution in [0.4, 0.5) is 4.39 Å². The zero-order valence-electron chi connectivity index (χ0n) is 17.2. The summed E-state index contributed by atoms with van der Waals surface area (Å²) in [5, 5.41) is 6.74. The molecule has 3 heterocycles. The maximum absolute atomic E-state index is 14.1. The number of hydrogen-bond acceptors (Lipinski definition) is 5. The Hall–Kier alpha value is -2.85. The molecule has 0 unspecified atom stereocenters. The molecule has 1 saturated heterocycles. The zero-order chi connectivity index (χ0) is 23.8. The number of benzene rings is 1. The summed E-state index contributed by atoms with van der Waals surface area (Å²) >= 11 is 5.77. The van der Waals surface area contributed by atoms with Crippen LogP contribution in [-0.2, 0) is 27.2 Å². The number of pyridine rings is 1. The quantitative estimate of drug-likeness (QED) is 0.439. The van der Waals surface area contributed by atoms with Crippen LogP contribution in [0.25, 0.3) is 10.9 Å². The molecule has 1 aliphatic heterocycles. The SMILES string of the molecule is O=C(NCc1cccc(Cl)c1F)[C@@H]1CCCN1C(=O)Cn1nc(P(=O)(O)O)c2ccncc21. The lowest BCUT2D eigenvalue weighted by Crippen LogP contribution is -2.46. The van der Waals surface area contributed by atoms with E-state index in [9.17, 15) is 28.3 Å². The first-order chi connectivity index (χ1) is 15.7. The maximum Gasteiger partial charge on any atom is 0.376 e. The normalized spacial score (nSPS) is 16.4. The minimum atomic E-state index is -4.67. The molecule has 10 nitrogen and oxygen atoms in total. The molecule has 3 N–H and O–H groups in total. The molecule has 4 rings (SSSR count). The highest BCUT2D eigenvalue weighted by atomic mass is 35.5. The van der Waals surface area contributed by atoms with Crippen LogP contribution < -0.4 is 10.8 Å². The van der Waals surface area contributed by atoms with Crippen molar-refractivity contribution in [2.45, 2.75) is 32.0 Å².